The van der Waals surface area contributed by atoms with Crippen LogP contribution in [-0.2, 0) is 23.5 Å². The minimum Gasteiger partial charge on any atom is -0.496 e. The van der Waals surface area contributed by atoms with Crippen molar-refractivity contribution >= 4 is 10.0 Å². The van der Waals surface area contributed by atoms with E-state index in [9.17, 15) is 8.42 Å². The Morgan fingerprint density at radius 1 is 1.17 bits per heavy atom. The molecule has 0 amide bonds. The molecule has 1 heterocycles. The SMILES string of the molecule is COc1ccc(S(=O)(=O)NCCc2cc(C)n(C)c2C)cc1C. The lowest BCUT2D eigenvalue weighted by Gasteiger charge is -2.10. The summed E-state index contributed by atoms with van der Waals surface area (Å²) in [6, 6.07) is 6.96. The number of ether oxygens (including phenoxy) is 1. The minimum absolute atomic E-state index is 0.261. The fraction of sp³-hybridized carbons (Fsp3) is 0.412. The lowest BCUT2D eigenvalue weighted by molar-refractivity contribution is 0.411. The third-order valence-corrected chi connectivity index (χ3v) is 5.70. The molecule has 0 spiro atoms. The van der Waals surface area contributed by atoms with E-state index in [2.05, 4.69) is 15.4 Å². The van der Waals surface area contributed by atoms with Gasteiger partial charge < -0.3 is 9.30 Å². The highest BCUT2D eigenvalue weighted by atomic mass is 32.2. The number of aromatic nitrogens is 1. The molecule has 0 fully saturated rings. The zero-order chi connectivity index (χ0) is 17.2. The number of hydrogen-bond donors (Lipinski definition) is 1. The Bertz CT molecular complexity index is 807. The predicted molar refractivity (Wildman–Crippen MR) is 91.5 cm³/mol. The van der Waals surface area contributed by atoms with Crippen LogP contribution >= 0.6 is 0 Å². The van der Waals surface area contributed by atoms with Crippen molar-refractivity contribution in [2.75, 3.05) is 13.7 Å². The van der Waals surface area contributed by atoms with E-state index in [0.717, 1.165) is 5.56 Å². The number of benzene rings is 1. The van der Waals surface area contributed by atoms with Crippen molar-refractivity contribution in [3.63, 3.8) is 0 Å². The number of methoxy groups -OCH3 is 1. The van der Waals surface area contributed by atoms with Crippen molar-refractivity contribution in [1.82, 2.24) is 9.29 Å². The molecule has 0 radical (unpaired) electrons. The van der Waals surface area contributed by atoms with E-state index in [1.807, 2.05) is 27.8 Å². The van der Waals surface area contributed by atoms with E-state index in [0.29, 0.717) is 18.7 Å². The highest BCUT2D eigenvalue weighted by Gasteiger charge is 2.15. The average molecular weight is 336 g/mol. The maximum Gasteiger partial charge on any atom is 0.240 e. The first-order valence-electron chi connectivity index (χ1n) is 7.52. The van der Waals surface area contributed by atoms with Crippen LogP contribution in [0.1, 0.15) is 22.5 Å². The molecule has 0 bridgehead atoms. The zero-order valence-corrected chi connectivity index (χ0v) is 15.1. The summed E-state index contributed by atoms with van der Waals surface area (Å²) in [5.41, 5.74) is 4.30. The molecule has 1 N–H and O–H groups in total. The maximum atomic E-state index is 12.4. The van der Waals surface area contributed by atoms with Gasteiger partial charge in [-0.2, -0.15) is 0 Å². The first kappa shape index (κ1) is 17.6. The summed E-state index contributed by atoms with van der Waals surface area (Å²) < 4.78 is 34.7. The van der Waals surface area contributed by atoms with Crippen molar-refractivity contribution in [3.05, 3.63) is 46.8 Å². The van der Waals surface area contributed by atoms with Crippen LogP contribution in [0.2, 0.25) is 0 Å². The van der Waals surface area contributed by atoms with Gasteiger partial charge in [0.25, 0.3) is 0 Å². The van der Waals surface area contributed by atoms with Crippen molar-refractivity contribution in [1.29, 1.82) is 0 Å². The predicted octanol–water partition coefficient (Wildman–Crippen LogP) is 2.48. The standard InChI is InChI=1S/C17H24N2O3S/c1-12-10-16(6-7-17(12)22-5)23(20,21)18-9-8-15-11-13(2)19(4)14(15)3/h6-7,10-11,18H,8-9H2,1-5H3. The highest BCUT2D eigenvalue weighted by molar-refractivity contribution is 7.89. The molecule has 0 saturated heterocycles. The van der Waals surface area contributed by atoms with Gasteiger partial charge in [-0.05, 0) is 62.6 Å². The van der Waals surface area contributed by atoms with Crippen molar-refractivity contribution in [2.45, 2.75) is 32.1 Å². The van der Waals surface area contributed by atoms with Crippen LogP contribution in [0.15, 0.2) is 29.2 Å². The molecule has 6 heteroatoms. The minimum atomic E-state index is -3.51. The second kappa shape index (κ2) is 6.76. The monoisotopic (exact) mass is 336 g/mol. The molecule has 0 aliphatic heterocycles. The van der Waals surface area contributed by atoms with Crippen LogP contribution in [-0.4, -0.2) is 26.6 Å². The van der Waals surface area contributed by atoms with Crippen LogP contribution in [0, 0.1) is 20.8 Å². The molecule has 5 nitrogen and oxygen atoms in total. The van der Waals surface area contributed by atoms with Gasteiger partial charge in [0.05, 0.1) is 12.0 Å². The largest absolute Gasteiger partial charge is 0.496 e. The van der Waals surface area contributed by atoms with Gasteiger partial charge in [-0.1, -0.05) is 0 Å². The quantitative estimate of drug-likeness (QED) is 0.881. The molecule has 0 unspecified atom stereocenters. The van der Waals surface area contributed by atoms with Crippen LogP contribution in [0.3, 0.4) is 0 Å². The van der Waals surface area contributed by atoms with Crippen LogP contribution < -0.4 is 9.46 Å². The number of aryl methyl sites for hydroxylation is 2. The lowest BCUT2D eigenvalue weighted by atomic mass is 10.2. The van der Waals surface area contributed by atoms with Crippen LogP contribution in [0.4, 0.5) is 0 Å². The molecule has 0 aliphatic carbocycles. The van der Waals surface area contributed by atoms with Crippen LogP contribution in [0.5, 0.6) is 5.75 Å². The Morgan fingerprint density at radius 2 is 1.87 bits per heavy atom. The van der Waals surface area contributed by atoms with Crippen molar-refractivity contribution < 1.29 is 13.2 Å². The average Bonchev–Trinajstić information content (AvgIpc) is 2.74. The Hall–Kier alpha value is -1.79. The number of hydrogen-bond acceptors (Lipinski definition) is 3. The molecule has 2 aromatic rings. The second-order valence-corrected chi connectivity index (χ2v) is 7.50. The number of nitrogens with zero attached hydrogens (tertiary/aromatic N) is 1. The Labute approximate surface area is 138 Å². The van der Waals surface area contributed by atoms with Gasteiger partial charge in [-0.3, -0.25) is 0 Å². The Morgan fingerprint density at radius 3 is 2.39 bits per heavy atom. The Kier molecular flexibility index (Phi) is 5.16. The Balaban J connectivity index is 2.07. The molecule has 1 aromatic heterocycles. The van der Waals surface area contributed by atoms with Gasteiger partial charge in [0.1, 0.15) is 5.75 Å². The summed E-state index contributed by atoms with van der Waals surface area (Å²) in [6.07, 6.45) is 0.669. The van der Waals surface area contributed by atoms with E-state index in [1.54, 1.807) is 25.3 Å². The van der Waals surface area contributed by atoms with Crippen LogP contribution in [0.25, 0.3) is 0 Å². The van der Waals surface area contributed by atoms with Gasteiger partial charge in [-0.25, -0.2) is 13.1 Å². The van der Waals surface area contributed by atoms with E-state index in [1.165, 1.54) is 17.0 Å². The fourth-order valence-electron chi connectivity index (χ4n) is 2.61. The number of nitrogens with one attached hydrogen (secondary N) is 1. The second-order valence-electron chi connectivity index (χ2n) is 5.73. The number of sulfonamides is 1. The first-order chi connectivity index (χ1) is 10.8. The van der Waals surface area contributed by atoms with E-state index in [4.69, 9.17) is 4.74 Å². The summed E-state index contributed by atoms with van der Waals surface area (Å²) in [4.78, 5) is 0.261. The van der Waals surface area contributed by atoms with E-state index < -0.39 is 10.0 Å². The molecular formula is C17H24N2O3S. The van der Waals surface area contributed by atoms with Crippen molar-refractivity contribution in [2.24, 2.45) is 7.05 Å². The van der Waals surface area contributed by atoms with Gasteiger partial charge >= 0.3 is 0 Å². The molecule has 0 aliphatic rings. The smallest absolute Gasteiger partial charge is 0.240 e. The maximum absolute atomic E-state index is 12.4. The molecule has 0 saturated carbocycles. The van der Waals surface area contributed by atoms with Crippen molar-refractivity contribution in [3.8, 4) is 5.75 Å². The molecule has 1 aromatic carbocycles. The third kappa shape index (κ3) is 3.76. The molecule has 0 atom stereocenters. The molecule has 126 valence electrons. The third-order valence-electron chi connectivity index (χ3n) is 4.24. The summed E-state index contributed by atoms with van der Waals surface area (Å²) in [6.45, 7) is 6.29. The summed E-state index contributed by atoms with van der Waals surface area (Å²) in [7, 11) is 0.0743. The topological polar surface area (TPSA) is 60.3 Å². The van der Waals surface area contributed by atoms with Gasteiger partial charge in [-0.15, -0.1) is 0 Å². The fourth-order valence-corrected chi connectivity index (χ4v) is 3.72. The molecular weight excluding hydrogens is 312 g/mol. The first-order valence-corrected chi connectivity index (χ1v) is 9.00. The molecule has 23 heavy (non-hydrogen) atoms. The van der Waals surface area contributed by atoms with Gasteiger partial charge in [0.2, 0.25) is 10.0 Å². The number of rotatable bonds is 6. The normalized spacial score (nSPS) is 11.7. The molecule has 2 rings (SSSR count). The highest BCUT2D eigenvalue weighted by Crippen LogP contribution is 2.21. The summed E-state index contributed by atoms with van der Waals surface area (Å²) in [5.74, 6) is 0.680. The van der Waals surface area contributed by atoms with Gasteiger partial charge in [0.15, 0.2) is 0 Å². The summed E-state index contributed by atoms with van der Waals surface area (Å²) >= 11 is 0. The van der Waals surface area contributed by atoms with E-state index in [-0.39, 0.29) is 4.90 Å². The lowest BCUT2D eigenvalue weighted by Crippen LogP contribution is -2.26. The zero-order valence-electron chi connectivity index (χ0n) is 14.3. The van der Waals surface area contributed by atoms with E-state index >= 15 is 0 Å². The van der Waals surface area contributed by atoms with Gasteiger partial charge in [0, 0.05) is 25.0 Å². The summed E-state index contributed by atoms with van der Waals surface area (Å²) in [5, 5.41) is 0.